The molecule has 1 unspecified atom stereocenters. The number of aliphatic hydroxyl groups excluding tert-OH is 1. The second kappa shape index (κ2) is 4.41. The highest BCUT2D eigenvalue weighted by Gasteiger charge is 2.13. The first kappa shape index (κ1) is 10.2. The molecule has 0 amide bonds. The highest BCUT2D eigenvalue weighted by atomic mass is 16.3. The summed E-state index contributed by atoms with van der Waals surface area (Å²) in [5, 5.41) is 9.51. The largest absolute Gasteiger partial charge is 0.472 e. The molecule has 0 saturated heterocycles. The maximum Gasteiger partial charge on any atom is 0.0964 e. The number of nitrogens with two attached hydrogens (primary N) is 1. The van der Waals surface area contributed by atoms with Crippen LogP contribution < -0.4 is 5.73 Å². The molecular weight excluding hydrogens is 168 g/mol. The SMILES string of the molecule is CN(C)Cc1cocc1C(O)CN. The van der Waals surface area contributed by atoms with Crippen molar-refractivity contribution in [1.29, 1.82) is 0 Å². The van der Waals surface area contributed by atoms with Crippen LogP contribution in [0.5, 0.6) is 0 Å². The Morgan fingerprint density at radius 1 is 1.54 bits per heavy atom. The topological polar surface area (TPSA) is 62.6 Å². The van der Waals surface area contributed by atoms with Gasteiger partial charge in [-0.3, -0.25) is 0 Å². The van der Waals surface area contributed by atoms with Crippen LogP contribution in [0.25, 0.3) is 0 Å². The normalized spacial score (nSPS) is 13.6. The van der Waals surface area contributed by atoms with Crippen LogP contribution in [0.15, 0.2) is 16.9 Å². The highest BCUT2D eigenvalue weighted by Crippen LogP contribution is 2.19. The molecule has 0 aliphatic heterocycles. The van der Waals surface area contributed by atoms with E-state index in [-0.39, 0.29) is 6.54 Å². The van der Waals surface area contributed by atoms with Gasteiger partial charge in [0.05, 0.1) is 18.6 Å². The average molecular weight is 184 g/mol. The van der Waals surface area contributed by atoms with Crippen LogP contribution in [0.1, 0.15) is 17.2 Å². The van der Waals surface area contributed by atoms with E-state index in [4.69, 9.17) is 10.2 Å². The van der Waals surface area contributed by atoms with Crippen LogP contribution in [-0.4, -0.2) is 30.6 Å². The monoisotopic (exact) mass is 184 g/mol. The summed E-state index contributed by atoms with van der Waals surface area (Å²) in [7, 11) is 3.93. The van der Waals surface area contributed by atoms with Gasteiger partial charge in [-0.2, -0.15) is 0 Å². The van der Waals surface area contributed by atoms with Crippen molar-refractivity contribution in [2.24, 2.45) is 5.73 Å². The van der Waals surface area contributed by atoms with Crippen molar-refractivity contribution in [3.8, 4) is 0 Å². The summed E-state index contributed by atoms with van der Waals surface area (Å²) in [6.45, 7) is 0.975. The van der Waals surface area contributed by atoms with E-state index in [0.29, 0.717) is 0 Å². The van der Waals surface area contributed by atoms with Crippen LogP contribution in [0, 0.1) is 0 Å². The summed E-state index contributed by atoms with van der Waals surface area (Å²) in [4.78, 5) is 2.01. The Bertz CT molecular complexity index is 258. The predicted molar refractivity (Wildman–Crippen MR) is 50.1 cm³/mol. The first-order valence-electron chi connectivity index (χ1n) is 4.23. The number of furan rings is 1. The molecule has 3 N–H and O–H groups in total. The minimum absolute atomic E-state index is 0.222. The summed E-state index contributed by atoms with van der Waals surface area (Å²) in [5.41, 5.74) is 7.13. The smallest absolute Gasteiger partial charge is 0.0964 e. The molecule has 0 aromatic carbocycles. The lowest BCUT2D eigenvalue weighted by molar-refractivity contribution is 0.184. The first-order valence-corrected chi connectivity index (χ1v) is 4.23. The van der Waals surface area contributed by atoms with E-state index in [0.717, 1.165) is 17.7 Å². The second-order valence-electron chi connectivity index (χ2n) is 3.34. The van der Waals surface area contributed by atoms with Gasteiger partial charge in [0.1, 0.15) is 0 Å². The van der Waals surface area contributed by atoms with E-state index in [1.165, 1.54) is 0 Å². The number of hydrogen-bond donors (Lipinski definition) is 2. The van der Waals surface area contributed by atoms with E-state index in [1.54, 1.807) is 12.5 Å². The van der Waals surface area contributed by atoms with E-state index >= 15 is 0 Å². The average Bonchev–Trinajstić information content (AvgIpc) is 2.50. The van der Waals surface area contributed by atoms with Gasteiger partial charge in [0.2, 0.25) is 0 Å². The van der Waals surface area contributed by atoms with Crippen molar-refractivity contribution in [2.45, 2.75) is 12.6 Å². The second-order valence-corrected chi connectivity index (χ2v) is 3.34. The summed E-state index contributed by atoms with van der Waals surface area (Å²) < 4.78 is 5.03. The lowest BCUT2D eigenvalue weighted by Gasteiger charge is -2.11. The maximum atomic E-state index is 9.51. The molecule has 74 valence electrons. The molecule has 13 heavy (non-hydrogen) atoms. The fourth-order valence-corrected chi connectivity index (χ4v) is 1.22. The third-order valence-corrected chi connectivity index (χ3v) is 1.84. The third-order valence-electron chi connectivity index (χ3n) is 1.84. The van der Waals surface area contributed by atoms with Gasteiger partial charge in [-0.15, -0.1) is 0 Å². The molecular formula is C9H16N2O2. The van der Waals surface area contributed by atoms with Crippen molar-refractivity contribution in [2.75, 3.05) is 20.6 Å². The maximum absolute atomic E-state index is 9.51. The molecule has 1 aromatic rings. The fourth-order valence-electron chi connectivity index (χ4n) is 1.22. The van der Waals surface area contributed by atoms with E-state index in [9.17, 15) is 5.11 Å². The minimum atomic E-state index is -0.617. The van der Waals surface area contributed by atoms with Crippen molar-refractivity contribution in [3.63, 3.8) is 0 Å². The quantitative estimate of drug-likeness (QED) is 0.708. The molecule has 1 rings (SSSR count). The number of aliphatic hydroxyl groups is 1. The molecule has 1 aromatic heterocycles. The Balaban J connectivity index is 2.76. The first-order chi connectivity index (χ1) is 6.15. The zero-order chi connectivity index (χ0) is 9.84. The molecule has 0 fully saturated rings. The van der Waals surface area contributed by atoms with Crippen LogP contribution in [0.3, 0.4) is 0 Å². The van der Waals surface area contributed by atoms with Gasteiger partial charge in [-0.1, -0.05) is 0 Å². The molecule has 0 bridgehead atoms. The van der Waals surface area contributed by atoms with Gasteiger partial charge in [0.15, 0.2) is 0 Å². The van der Waals surface area contributed by atoms with Gasteiger partial charge in [-0.25, -0.2) is 0 Å². The van der Waals surface area contributed by atoms with Gasteiger partial charge in [0, 0.05) is 24.2 Å². The minimum Gasteiger partial charge on any atom is -0.472 e. The van der Waals surface area contributed by atoms with E-state index in [1.807, 2.05) is 19.0 Å². The fraction of sp³-hybridized carbons (Fsp3) is 0.556. The van der Waals surface area contributed by atoms with Gasteiger partial charge in [0.25, 0.3) is 0 Å². The zero-order valence-electron chi connectivity index (χ0n) is 8.03. The molecule has 4 nitrogen and oxygen atoms in total. The van der Waals surface area contributed by atoms with Crippen molar-refractivity contribution < 1.29 is 9.52 Å². The van der Waals surface area contributed by atoms with Gasteiger partial charge >= 0.3 is 0 Å². The number of hydrogen-bond acceptors (Lipinski definition) is 4. The molecule has 0 spiro atoms. The Kier molecular flexibility index (Phi) is 3.48. The molecule has 0 aliphatic rings. The molecule has 0 radical (unpaired) electrons. The molecule has 0 aliphatic carbocycles. The van der Waals surface area contributed by atoms with Crippen LogP contribution in [0.2, 0.25) is 0 Å². The summed E-state index contributed by atoms with van der Waals surface area (Å²) in [6.07, 6.45) is 2.58. The summed E-state index contributed by atoms with van der Waals surface area (Å²) >= 11 is 0. The highest BCUT2D eigenvalue weighted by molar-refractivity contribution is 5.23. The predicted octanol–water partition coefficient (Wildman–Crippen LogP) is 0.333. The van der Waals surface area contributed by atoms with Crippen molar-refractivity contribution in [3.05, 3.63) is 23.7 Å². The zero-order valence-corrected chi connectivity index (χ0v) is 8.03. The van der Waals surface area contributed by atoms with Crippen LogP contribution in [0.4, 0.5) is 0 Å². The van der Waals surface area contributed by atoms with Gasteiger partial charge in [-0.05, 0) is 14.1 Å². The van der Waals surface area contributed by atoms with E-state index < -0.39 is 6.10 Å². The Morgan fingerprint density at radius 3 is 2.77 bits per heavy atom. The molecule has 1 heterocycles. The summed E-state index contributed by atoms with van der Waals surface area (Å²) in [6, 6.07) is 0. The lowest BCUT2D eigenvalue weighted by Crippen LogP contribution is -2.16. The molecule has 4 heteroatoms. The standard InChI is InChI=1S/C9H16N2O2/c1-11(2)4-7-5-13-6-8(7)9(12)3-10/h5-6,9,12H,3-4,10H2,1-2H3. The Morgan fingerprint density at radius 2 is 2.23 bits per heavy atom. The third kappa shape index (κ3) is 2.55. The molecule has 0 saturated carbocycles. The van der Waals surface area contributed by atoms with Crippen LogP contribution >= 0.6 is 0 Å². The number of rotatable bonds is 4. The molecule has 1 atom stereocenters. The summed E-state index contributed by atoms with van der Waals surface area (Å²) in [5.74, 6) is 0. The van der Waals surface area contributed by atoms with Crippen LogP contribution in [-0.2, 0) is 6.54 Å². The van der Waals surface area contributed by atoms with Gasteiger partial charge < -0.3 is 20.2 Å². The van der Waals surface area contributed by atoms with E-state index in [2.05, 4.69) is 0 Å². The number of nitrogens with zero attached hydrogens (tertiary/aromatic N) is 1. The Hall–Kier alpha value is -0.840. The van der Waals surface area contributed by atoms with Crippen molar-refractivity contribution >= 4 is 0 Å². The lowest BCUT2D eigenvalue weighted by atomic mass is 10.1. The Labute approximate surface area is 77.9 Å². The van der Waals surface area contributed by atoms with Crippen molar-refractivity contribution in [1.82, 2.24) is 4.90 Å².